The summed E-state index contributed by atoms with van der Waals surface area (Å²) in [5, 5.41) is 11.0. The van der Waals surface area contributed by atoms with Crippen molar-refractivity contribution in [1.29, 1.82) is 0 Å². The molecule has 2 nitrogen and oxygen atoms in total. The molecule has 124 valence electrons. The van der Waals surface area contributed by atoms with Crippen LogP contribution in [0.3, 0.4) is 0 Å². The van der Waals surface area contributed by atoms with E-state index in [4.69, 9.17) is 0 Å². The van der Waals surface area contributed by atoms with Crippen molar-refractivity contribution < 1.29 is 9.90 Å². The molecule has 8 atom stereocenters. The highest BCUT2D eigenvalue weighted by molar-refractivity contribution is 5.89. The van der Waals surface area contributed by atoms with Crippen LogP contribution in [0.15, 0.2) is 0 Å². The van der Waals surface area contributed by atoms with Gasteiger partial charge in [0.25, 0.3) is 0 Å². The minimum absolute atomic E-state index is 0.0164. The topological polar surface area (TPSA) is 37.3 Å². The lowest BCUT2D eigenvalue weighted by atomic mass is 9.46. The molecular formula is C20H32O2. The minimum atomic E-state index is -0.224. The number of carbonyl (C=O) groups is 1. The fourth-order valence-electron chi connectivity index (χ4n) is 7.11. The number of hydrogen-bond acceptors (Lipinski definition) is 2. The summed E-state index contributed by atoms with van der Waals surface area (Å²) in [6, 6.07) is 0. The van der Waals surface area contributed by atoms with Crippen molar-refractivity contribution in [3.63, 3.8) is 0 Å². The lowest BCUT2D eigenvalue weighted by Gasteiger charge is -2.58. The molecule has 0 aromatic rings. The van der Waals surface area contributed by atoms with Gasteiger partial charge in [-0.25, -0.2) is 0 Å². The van der Waals surface area contributed by atoms with Gasteiger partial charge in [-0.15, -0.1) is 0 Å². The van der Waals surface area contributed by atoms with Crippen LogP contribution < -0.4 is 0 Å². The average molecular weight is 304 g/mol. The first kappa shape index (κ1) is 15.2. The van der Waals surface area contributed by atoms with E-state index in [1.807, 2.05) is 0 Å². The summed E-state index contributed by atoms with van der Waals surface area (Å²) in [7, 11) is 0. The van der Waals surface area contributed by atoms with Gasteiger partial charge in [0.1, 0.15) is 5.78 Å². The van der Waals surface area contributed by atoms with Crippen LogP contribution in [-0.4, -0.2) is 17.0 Å². The molecule has 0 aromatic carbocycles. The van der Waals surface area contributed by atoms with Gasteiger partial charge in [-0.2, -0.15) is 0 Å². The van der Waals surface area contributed by atoms with E-state index in [9.17, 15) is 9.90 Å². The van der Waals surface area contributed by atoms with Crippen molar-refractivity contribution in [2.75, 3.05) is 0 Å². The number of ketones is 1. The number of aliphatic hydroxyl groups excluding tert-OH is 1. The number of Topliss-reactive ketones (excluding diaryl/α,β-unsaturated/α-hetero) is 1. The first-order valence-electron chi connectivity index (χ1n) is 9.35. The Morgan fingerprint density at radius 1 is 1.14 bits per heavy atom. The Morgan fingerprint density at radius 2 is 1.82 bits per heavy atom. The SMILES string of the molecule is CC(C)[C@@H]1CC[C@@]2(C)[C@H]1[C@H]1[C@@H]3C[C@]3(C)C(=O)C[C@]1(C)C[C@@H]2O. The third-order valence-corrected chi connectivity index (χ3v) is 8.65. The molecule has 0 aliphatic heterocycles. The van der Waals surface area contributed by atoms with Gasteiger partial charge in [0.2, 0.25) is 0 Å². The van der Waals surface area contributed by atoms with E-state index in [1.165, 1.54) is 12.8 Å². The summed E-state index contributed by atoms with van der Waals surface area (Å²) in [4.78, 5) is 12.6. The molecule has 0 unspecified atom stereocenters. The van der Waals surface area contributed by atoms with Crippen molar-refractivity contribution in [2.45, 2.75) is 72.8 Å². The molecule has 22 heavy (non-hydrogen) atoms. The molecule has 2 heteroatoms. The molecule has 0 aromatic heterocycles. The van der Waals surface area contributed by atoms with Crippen LogP contribution in [0.4, 0.5) is 0 Å². The molecule has 0 spiro atoms. The summed E-state index contributed by atoms with van der Waals surface area (Å²) in [5.74, 6) is 3.74. The van der Waals surface area contributed by atoms with E-state index in [0.717, 1.165) is 18.8 Å². The molecule has 4 aliphatic rings. The summed E-state index contributed by atoms with van der Waals surface area (Å²) in [6.07, 6.45) is 4.87. The largest absolute Gasteiger partial charge is 0.393 e. The van der Waals surface area contributed by atoms with Crippen molar-refractivity contribution in [3.8, 4) is 0 Å². The van der Waals surface area contributed by atoms with Gasteiger partial charge < -0.3 is 5.11 Å². The molecule has 4 rings (SSSR count). The highest BCUT2D eigenvalue weighted by Crippen LogP contribution is 2.75. The van der Waals surface area contributed by atoms with Gasteiger partial charge in [-0.1, -0.05) is 34.6 Å². The van der Waals surface area contributed by atoms with Gasteiger partial charge in [0, 0.05) is 11.8 Å². The second-order valence-corrected chi connectivity index (χ2v) is 10.2. The van der Waals surface area contributed by atoms with Gasteiger partial charge >= 0.3 is 0 Å². The predicted octanol–water partition coefficient (Wildman–Crippen LogP) is 4.06. The van der Waals surface area contributed by atoms with Gasteiger partial charge in [-0.05, 0) is 66.1 Å². The third kappa shape index (κ3) is 1.63. The van der Waals surface area contributed by atoms with Gasteiger partial charge in [0.15, 0.2) is 0 Å². The second kappa shape index (κ2) is 4.18. The van der Waals surface area contributed by atoms with Gasteiger partial charge in [-0.3, -0.25) is 4.79 Å². The van der Waals surface area contributed by atoms with E-state index in [1.54, 1.807) is 0 Å². The zero-order valence-electron chi connectivity index (χ0n) is 14.9. The summed E-state index contributed by atoms with van der Waals surface area (Å²) in [5.41, 5.74) is 0.110. The predicted molar refractivity (Wildman–Crippen MR) is 87.2 cm³/mol. The number of aliphatic hydroxyl groups is 1. The van der Waals surface area contributed by atoms with Crippen LogP contribution in [0.1, 0.15) is 66.7 Å². The zero-order chi connectivity index (χ0) is 16.1. The third-order valence-electron chi connectivity index (χ3n) is 8.65. The monoisotopic (exact) mass is 304 g/mol. The smallest absolute Gasteiger partial charge is 0.139 e. The Labute approximate surface area is 135 Å². The van der Waals surface area contributed by atoms with Crippen molar-refractivity contribution >= 4 is 5.78 Å². The maximum absolute atomic E-state index is 12.6. The first-order valence-corrected chi connectivity index (χ1v) is 9.35. The molecule has 0 amide bonds. The fourth-order valence-corrected chi connectivity index (χ4v) is 7.11. The number of carbonyl (C=O) groups excluding carboxylic acids is 1. The maximum Gasteiger partial charge on any atom is 0.139 e. The Morgan fingerprint density at radius 3 is 2.45 bits per heavy atom. The van der Waals surface area contributed by atoms with E-state index in [-0.39, 0.29) is 22.3 Å². The van der Waals surface area contributed by atoms with Crippen LogP contribution >= 0.6 is 0 Å². The average Bonchev–Trinajstić information content (AvgIpc) is 2.95. The van der Waals surface area contributed by atoms with Crippen LogP contribution in [0.2, 0.25) is 0 Å². The quantitative estimate of drug-likeness (QED) is 0.793. The molecule has 4 aliphatic carbocycles. The fraction of sp³-hybridized carbons (Fsp3) is 0.950. The highest BCUT2D eigenvalue weighted by atomic mass is 16.3. The van der Waals surface area contributed by atoms with E-state index in [2.05, 4.69) is 34.6 Å². The first-order chi connectivity index (χ1) is 10.1. The standard InChI is InChI=1S/C20H32O2/c1-11(2)12-6-7-19(4)14(21)9-18(3)10-15(22)20(5)8-13(20)17(18)16(12)19/h11-14,16-17,21H,6-10H2,1-5H3/t12-,13-,14-,16+,17+,18-,19+,20-/m0/s1. The Balaban J connectivity index is 1.80. The van der Waals surface area contributed by atoms with Crippen LogP contribution in [0.5, 0.6) is 0 Å². The zero-order valence-corrected chi connectivity index (χ0v) is 14.9. The molecule has 4 fully saturated rings. The minimum Gasteiger partial charge on any atom is -0.393 e. The molecule has 0 saturated heterocycles. The number of rotatable bonds is 1. The lowest BCUT2D eigenvalue weighted by molar-refractivity contribution is -0.162. The van der Waals surface area contributed by atoms with Crippen LogP contribution in [0, 0.1) is 45.8 Å². The van der Waals surface area contributed by atoms with E-state index < -0.39 is 0 Å². The summed E-state index contributed by atoms with van der Waals surface area (Å²) in [6.45, 7) is 11.6. The molecule has 0 heterocycles. The van der Waals surface area contributed by atoms with E-state index >= 15 is 0 Å². The highest BCUT2D eigenvalue weighted by Gasteiger charge is 2.73. The second-order valence-electron chi connectivity index (χ2n) is 10.2. The molecule has 0 radical (unpaired) electrons. The van der Waals surface area contributed by atoms with Crippen molar-refractivity contribution in [2.24, 2.45) is 45.8 Å². The molecular weight excluding hydrogens is 272 g/mol. The summed E-state index contributed by atoms with van der Waals surface area (Å²) >= 11 is 0. The van der Waals surface area contributed by atoms with Crippen molar-refractivity contribution in [1.82, 2.24) is 0 Å². The number of hydrogen-bond donors (Lipinski definition) is 1. The Kier molecular flexibility index (Phi) is 2.88. The van der Waals surface area contributed by atoms with Crippen LogP contribution in [0.25, 0.3) is 0 Å². The maximum atomic E-state index is 12.6. The summed E-state index contributed by atoms with van der Waals surface area (Å²) < 4.78 is 0. The Hall–Kier alpha value is -0.370. The van der Waals surface area contributed by atoms with Gasteiger partial charge in [0.05, 0.1) is 6.10 Å². The lowest BCUT2D eigenvalue weighted by Crippen LogP contribution is -2.57. The molecule has 0 bridgehead atoms. The number of fused-ring (bicyclic) bond motifs is 5. The van der Waals surface area contributed by atoms with Crippen LogP contribution in [-0.2, 0) is 4.79 Å². The normalized spacial score (nSPS) is 60.0. The van der Waals surface area contributed by atoms with Crippen molar-refractivity contribution in [3.05, 3.63) is 0 Å². The molecule has 1 N–H and O–H groups in total. The van der Waals surface area contributed by atoms with E-state index in [0.29, 0.717) is 35.9 Å². The Bertz CT molecular complexity index is 526. The molecule has 4 saturated carbocycles.